The van der Waals surface area contributed by atoms with Crippen LogP contribution in [0.5, 0.6) is 0 Å². The minimum atomic E-state index is -0.564. The van der Waals surface area contributed by atoms with Gasteiger partial charge in [-0.15, -0.1) is 0 Å². The lowest BCUT2D eigenvalue weighted by Gasteiger charge is -2.30. The Balaban J connectivity index is 2.16. The van der Waals surface area contributed by atoms with Crippen LogP contribution >= 0.6 is 0 Å². The van der Waals surface area contributed by atoms with Crippen LogP contribution in [0.2, 0.25) is 0 Å². The highest BCUT2D eigenvalue weighted by Gasteiger charge is 2.41. The summed E-state index contributed by atoms with van der Waals surface area (Å²) >= 11 is 0. The van der Waals surface area contributed by atoms with Gasteiger partial charge in [-0.1, -0.05) is 0 Å². The molecule has 102 valence electrons. The smallest absolute Gasteiger partial charge is 0.417 e. The van der Waals surface area contributed by atoms with E-state index in [9.17, 15) is 9.59 Å². The van der Waals surface area contributed by atoms with Gasteiger partial charge in [-0.05, 0) is 39.5 Å². The summed E-state index contributed by atoms with van der Waals surface area (Å²) in [6, 6.07) is -0.0325. The number of nitrogens with one attached hydrogen (secondary N) is 1. The molecule has 0 radical (unpaired) electrons. The molecule has 2 heterocycles. The second kappa shape index (κ2) is 4.88. The third kappa shape index (κ3) is 2.83. The maximum absolute atomic E-state index is 12.2. The highest BCUT2D eigenvalue weighted by Crippen LogP contribution is 2.27. The van der Waals surface area contributed by atoms with Crippen LogP contribution in [0.3, 0.4) is 0 Å². The van der Waals surface area contributed by atoms with Crippen LogP contribution < -0.4 is 5.32 Å². The quantitative estimate of drug-likeness (QED) is 0.712. The summed E-state index contributed by atoms with van der Waals surface area (Å²) in [6.07, 6.45) is 1.82. The third-order valence-corrected chi connectivity index (χ3v) is 3.46. The Bertz CT molecular complexity index is 349. The number of rotatable bonds is 0. The number of likely N-dealkylation sites (tertiary alicyclic amines) is 1. The normalized spacial score (nSPS) is 28.8. The van der Waals surface area contributed by atoms with E-state index in [0.29, 0.717) is 18.9 Å². The van der Waals surface area contributed by atoms with E-state index >= 15 is 0 Å². The van der Waals surface area contributed by atoms with Crippen LogP contribution in [0.15, 0.2) is 0 Å². The van der Waals surface area contributed by atoms with Crippen LogP contribution in [0.25, 0.3) is 0 Å². The number of hydrogen-bond acceptors (Lipinski definition) is 4. The van der Waals surface area contributed by atoms with Crippen molar-refractivity contribution in [1.29, 1.82) is 0 Å². The maximum atomic E-state index is 12.2. The molecule has 2 aliphatic heterocycles. The number of amides is 2. The van der Waals surface area contributed by atoms with Crippen molar-refractivity contribution in [3.8, 4) is 0 Å². The van der Waals surface area contributed by atoms with Gasteiger partial charge in [-0.3, -0.25) is 4.79 Å². The van der Waals surface area contributed by atoms with Gasteiger partial charge in [0.15, 0.2) is 0 Å². The van der Waals surface area contributed by atoms with E-state index in [1.807, 2.05) is 20.8 Å². The summed E-state index contributed by atoms with van der Waals surface area (Å²) < 4.78 is 5.35. The minimum Gasteiger partial charge on any atom is -0.443 e. The van der Waals surface area contributed by atoms with E-state index < -0.39 is 11.7 Å². The molecule has 2 atom stereocenters. The minimum absolute atomic E-state index is 0.0325. The average Bonchev–Trinajstić information content (AvgIpc) is 2.58. The SMILES string of the molecule is CC(C)(C)OC(=O)N1C(=O)CCCC2CNCC21. The lowest BCUT2D eigenvalue weighted by Crippen LogP contribution is -2.49. The zero-order valence-corrected chi connectivity index (χ0v) is 11.4. The molecule has 0 aliphatic carbocycles. The first-order chi connectivity index (χ1) is 8.38. The first-order valence-electron chi connectivity index (χ1n) is 6.64. The summed E-state index contributed by atoms with van der Waals surface area (Å²) in [5.74, 6) is 0.282. The predicted octanol–water partition coefficient (Wildman–Crippen LogP) is 1.52. The van der Waals surface area contributed by atoms with Crippen LogP contribution in [0.1, 0.15) is 40.0 Å². The van der Waals surface area contributed by atoms with Crippen LogP contribution in [0.4, 0.5) is 4.79 Å². The van der Waals surface area contributed by atoms with Gasteiger partial charge in [0, 0.05) is 19.5 Å². The Morgan fingerprint density at radius 3 is 2.78 bits per heavy atom. The summed E-state index contributed by atoms with van der Waals surface area (Å²) in [5, 5.41) is 3.26. The Morgan fingerprint density at radius 1 is 1.39 bits per heavy atom. The second-order valence-corrected chi connectivity index (χ2v) is 6.12. The van der Waals surface area contributed by atoms with Gasteiger partial charge >= 0.3 is 6.09 Å². The summed E-state index contributed by atoms with van der Waals surface area (Å²) in [7, 11) is 0. The zero-order valence-electron chi connectivity index (χ0n) is 11.4. The molecule has 5 heteroatoms. The Morgan fingerprint density at radius 2 is 2.11 bits per heavy atom. The monoisotopic (exact) mass is 254 g/mol. The van der Waals surface area contributed by atoms with E-state index in [1.54, 1.807) is 0 Å². The number of fused-ring (bicyclic) bond motifs is 1. The molecule has 5 nitrogen and oxygen atoms in total. The Kier molecular flexibility index (Phi) is 3.61. The number of hydrogen-bond donors (Lipinski definition) is 1. The first-order valence-corrected chi connectivity index (χ1v) is 6.64. The number of carbonyl (C=O) groups excluding carboxylic acids is 2. The number of ether oxygens (including phenoxy) is 1. The summed E-state index contributed by atoms with van der Waals surface area (Å²) in [5.41, 5.74) is -0.564. The molecule has 2 fully saturated rings. The molecule has 2 saturated heterocycles. The lowest BCUT2D eigenvalue weighted by atomic mass is 9.98. The fraction of sp³-hybridized carbons (Fsp3) is 0.846. The van der Waals surface area contributed by atoms with Gasteiger partial charge in [0.1, 0.15) is 5.60 Å². The van der Waals surface area contributed by atoms with Crippen LogP contribution in [0, 0.1) is 5.92 Å². The van der Waals surface area contributed by atoms with E-state index in [1.165, 1.54) is 4.90 Å². The van der Waals surface area contributed by atoms with Crippen molar-refractivity contribution in [1.82, 2.24) is 10.2 Å². The summed E-state index contributed by atoms with van der Waals surface area (Å²) in [4.78, 5) is 25.6. The van der Waals surface area contributed by atoms with Gasteiger partial charge in [0.25, 0.3) is 0 Å². The van der Waals surface area contributed by atoms with Crippen molar-refractivity contribution in [3.63, 3.8) is 0 Å². The number of imide groups is 1. The molecular formula is C13H22N2O3. The summed E-state index contributed by atoms with van der Waals surface area (Å²) in [6.45, 7) is 7.03. The van der Waals surface area contributed by atoms with Gasteiger partial charge in [0.05, 0.1) is 6.04 Å². The average molecular weight is 254 g/mol. The molecular weight excluding hydrogens is 232 g/mol. The predicted molar refractivity (Wildman–Crippen MR) is 67.1 cm³/mol. The van der Waals surface area contributed by atoms with Gasteiger partial charge < -0.3 is 10.1 Å². The standard InChI is InChI=1S/C13H22N2O3/c1-13(2,3)18-12(17)15-10-8-14-7-9(10)5-4-6-11(15)16/h9-10,14H,4-8H2,1-3H3. The fourth-order valence-corrected chi connectivity index (χ4v) is 2.69. The Hall–Kier alpha value is -1.10. The van der Waals surface area contributed by atoms with Crippen molar-refractivity contribution < 1.29 is 14.3 Å². The topological polar surface area (TPSA) is 58.6 Å². The first kappa shape index (κ1) is 13.3. The highest BCUT2D eigenvalue weighted by molar-refractivity contribution is 5.92. The largest absolute Gasteiger partial charge is 0.443 e. The van der Waals surface area contributed by atoms with E-state index in [2.05, 4.69) is 5.32 Å². The third-order valence-electron chi connectivity index (χ3n) is 3.46. The van der Waals surface area contributed by atoms with Crippen LogP contribution in [-0.4, -0.2) is 41.6 Å². The molecule has 2 aliphatic rings. The van der Waals surface area contributed by atoms with E-state index in [0.717, 1.165) is 19.4 Å². The zero-order chi connectivity index (χ0) is 13.3. The fourth-order valence-electron chi connectivity index (χ4n) is 2.69. The molecule has 2 amide bonds. The molecule has 1 N–H and O–H groups in total. The molecule has 0 aromatic carbocycles. The van der Waals surface area contributed by atoms with Crippen molar-refractivity contribution in [2.24, 2.45) is 5.92 Å². The van der Waals surface area contributed by atoms with Gasteiger partial charge in [0.2, 0.25) is 5.91 Å². The molecule has 0 aromatic rings. The van der Waals surface area contributed by atoms with E-state index in [-0.39, 0.29) is 11.9 Å². The molecule has 0 bridgehead atoms. The molecule has 0 spiro atoms. The van der Waals surface area contributed by atoms with Crippen molar-refractivity contribution in [2.45, 2.75) is 51.7 Å². The van der Waals surface area contributed by atoms with Crippen LogP contribution in [-0.2, 0) is 9.53 Å². The van der Waals surface area contributed by atoms with Crippen molar-refractivity contribution >= 4 is 12.0 Å². The molecule has 0 saturated carbocycles. The highest BCUT2D eigenvalue weighted by atomic mass is 16.6. The second-order valence-electron chi connectivity index (χ2n) is 6.12. The molecule has 2 rings (SSSR count). The Labute approximate surface area is 108 Å². The molecule has 0 aromatic heterocycles. The van der Waals surface area contributed by atoms with E-state index in [4.69, 9.17) is 4.74 Å². The van der Waals surface area contributed by atoms with Gasteiger partial charge in [-0.25, -0.2) is 9.69 Å². The molecule has 2 unspecified atom stereocenters. The number of nitrogens with zero attached hydrogens (tertiary/aromatic N) is 1. The number of carbonyl (C=O) groups is 2. The molecule has 18 heavy (non-hydrogen) atoms. The van der Waals surface area contributed by atoms with Crippen molar-refractivity contribution in [3.05, 3.63) is 0 Å². The maximum Gasteiger partial charge on any atom is 0.417 e. The van der Waals surface area contributed by atoms with Gasteiger partial charge in [-0.2, -0.15) is 0 Å². The van der Waals surface area contributed by atoms with Crippen molar-refractivity contribution in [2.75, 3.05) is 13.1 Å². The lowest BCUT2D eigenvalue weighted by molar-refractivity contribution is -0.131.